The summed E-state index contributed by atoms with van der Waals surface area (Å²) in [4.78, 5) is 23.0. The Morgan fingerprint density at radius 3 is 2.05 bits per heavy atom. The fraction of sp³-hybridized carbons (Fsp3) is 0.385. The molecular formula is C13H14F4N2O3. The Labute approximate surface area is 123 Å². The number of carbonyl (C=O) groups excluding carboxylic acids is 2. The normalized spacial score (nSPS) is 12.4. The highest BCUT2D eigenvalue weighted by molar-refractivity contribution is 5.97. The van der Waals surface area contributed by atoms with Gasteiger partial charge in [-0.25, -0.2) is 8.78 Å². The summed E-state index contributed by atoms with van der Waals surface area (Å²) in [7, 11) is 0. The third-order valence-corrected chi connectivity index (χ3v) is 2.73. The SMILES string of the molecule is CC(C)[C@@H](NC(=O)c1c(F)cc(OC(F)F)cc1F)C(N)=O. The number of rotatable bonds is 6. The molecule has 0 radical (unpaired) electrons. The van der Waals surface area contributed by atoms with Gasteiger partial charge in [0.25, 0.3) is 5.91 Å². The van der Waals surface area contributed by atoms with Gasteiger partial charge in [0.1, 0.15) is 29.0 Å². The van der Waals surface area contributed by atoms with Gasteiger partial charge in [-0.1, -0.05) is 13.8 Å². The van der Waals surface area contributed by atoms with Crippen molar-refractivity contribution in [2.75, 3.05) is 0 Å². The smallest absolute Gasteiger partial charge is 0.387 e. The molecule has 1 aromatic rings. The van der Waals surface area contributed by atoms with Crippen LogP contribution >= 0.6 is 0 Å². The molecule has 9 heteroatoms. The van der Waals surface area contributed by atoms with Crippen LogP contribution in [0.25, 0.3) is 0 Å². The van der Waals surface area contributed by atoms with Gasteiger partial charge < -0.3 is 15.8 Å². The van der Waals surface area contributed by atoms with Crippen molar-refractivity contribution in [3.05, 3.63) is 29.3 Å². The number of hydrogen-bond donors (Lipinski definition) is 2. The molecule has 0 aliphatic heterocycles. The lowest BCUT2D eigenvalue weighted by Crippen LogP contribution is -2.48. The second-order valence-electron chi connectivity index (χ2n) is 4.74. The van der Waals surface area contributed by atoms with Crippen LogP contribution < -0.4 is 15.8 Å². The zero-order valence-electron chi connectivity index (χ0n) is 11.7. The number of amides is 2. The maximum atomic E-state index is 13.7. The van der Waals surface area contributed by atoms with Gasteiger partial charge in [-0.15, -0.1) is 0 Å². The van der Waals surface area contributed by atoms with Crippen molar-refractivity contribution < 1.29 is 31.9 Å². The summed E-state index contributed by atoms with van der Waals surface area (Å²) in [6, 6.07) is -0.249. The first kappa shape index (κ1) is 17.7. The minimum atomic E-state index is -3.27. The van der Waals surface area contributed by atoms with Crippen LogP contribution in [-0.2, 0) is 4.79 Å². The summed E-state index contributed by atoms with van der Waals surface area (Å²) in [6.07, 6.45) is 0. The predicted molar refractivity (Wildman–Crippen MR) is 68.3 cm³/mol. The summed E-state index contributed by atoms with van der Waals surface area (Å²) in [5.74, 6) is -6.08. The molecule has 2 amide bonds. The first-order valence-corrected chi connectivity index (χ1v) is 6.17. The van der Waals surface area contributed by atoms with Gasteiger partial charge in [0.2, 0.25) is 5.91 Å². The Morgan fingerprint density at radius 1 is 1.18 bits per heavy atom. The molecule has 0 bridgehead atoms. The average molecular weight is 322 g/mol. The molecule has 1 atom stereocenters. The minimum Gasteiger partial charge on any atom is -0.435 e. The maximum Gasteiger partial charge on any atom is 0.387 e. The molecule has 0 fully saturated rings. The van der Waals surface area contributed by atoms with Crippen LogP contribution in [-0.4, -0.2) is 24.5 Å². The van der Waals surface area contributed by atoms with Crippen molar-refractivity contribution in [3.63, 3.8) is 0 Å². The van der Waals surface area contributed by atoms with E-state index in [0.717, 1.165) is 0 Å². The highest BCUT2D eigenvalue weighted by Crippen LogP contribution is 2.22. The van der Waals surface area contributed by atoms with E-state index in [1.807, 2.05) is 0 Å². The number of carbonyl (C=O) groups is 2. The molecule has 0 aromatic heterocycles. The Morgan fingerprint density at radius 2 is 1.68 bits per heavy atom. The number of halogens is 4. The molecular weight excluding hydrogens is 308 g/mol. The Bertz CT molecular complexity index is 555. The largest absolute Gasteiger partial charge is 0.435 e. The Kier molecular flexibility index (Phi) is 5.72. The number of nitrogens with one attached hydrogen (secondary N) is 1. The fourth-order valence-corrected chi connectivity index (χ4v) is 1.72. The highest BCUT2D eigenvalue weighted by Gasteiger charge is 2.26. The van der Waals surface area contributed by atoms with Gasteiger partial charge >= 0.3 is 6.61 Å². The van der Waals surface area contributed by atoms with Gasteiger partial charge in [-0.3, -0.25) is 9.59 Å². The molecule has 1 rings (SSSR count). The van der Waals surface area contributed by atoms with Crippen LogP contribution in [0.3, 0.4) is 0 Å². The summed E-state index contributed by atoms with van der Waals surface area (Å²) in [5.41, 5.74) is 4.05. The van der Waals surface area contributed by atoms with Crippen LogP contribution in [0.4, 0.5) is 17.6 Å². The average Bonchev–Trinajstić information content (AvgIpc) is 2.33. The van der Waals surface area contributed by atoms with Gasteiger partial charge in [0.05, 0.1) is 0 Å². The molecule has 0 saturated heterocycles. The van der Waals surface area contributed by atoms with Gasteiger partial charge in [0, 0.05) is 12.1 Å². The van der Waals surface area contributed by atoms with Crippen LogP contribution in [0.1, 0.15) is 24.2 Å². The van der Waals surface area contributed by atoms with Crippen molar-refractivity contribution in [1.82, 2.24) is 5.32 Å². The second-order valence-corrected chi connectivity index (χ2v) is 4.74. The lowest BCUT2D eigenvalue weighted by Gasteiger charge is -2.19. The second kappa shape index (κ2) is 7.10. The van der Waals surface area contributed by atoms with E-state index >= 15 is 0 Å². The molecule has 0 unspecified atom stereocenters. The monoisotopic (exact) mass is 322 g/mol. The molecule has 5 nitrogen and oxygen atoms in total. The molecule has 0 aliphatic rings. The summed E-state index contributed by atoms with van der Waals surface area (Å²) >= 11 is 0. The number of hydrogen-bond acceptors (Lipinski definition) is 3. The van der Waals surface area contributed by atoms with Gasteiger partial charge in [-0.2, -0.15) is 8.78 Å². The summed E-state index contributed by atoms with van der Waals surface area (Å²) < 4.78 is 55.3. The number of benzene rings is 1. The van der Waals surface area contributed by atoms with Gasteiger partial charge in [0.15, 0.2) is 0 Å². The zero-order chi connectivity index (χ0) is 17.0. The van der Waals surface area contributed by atoms with Gasteiger partial charge in [-0.05, 0) is 5.92 Å². The van der Waals surface area contributed by atoms with Crippen LogP contribution in [0.15, 0.2) is 12.1 Å². The minimum absolute atomic E-state index is 0.408. The van der Waals surface area contributed by atoms with E-state index in [1.165, 1.54) is 0 Å². The molecule has 0 spiro atoms. The fourth-order valence-electron chi connectivity index (χ4n) is 1.72. The van der Waals surface area contributed by atoms with Crippen molar-refractivity contribution in [2.45, 2.75) is 26.5 Å². The molecule has 0 heterocycles. The van der Waals surface area contributed by atoms with Crippen molar-refractivity contribution in [1.29, 1.82) is 0 Å². The van der Waals surface area contributed by atoms with E-state index in [0.29, 0.717) is 12.1 Å². The molecule has 1 aromatic carbocycles. The van der Waals surface area contributed by atoms with E-state index in [1.54, 1.807) is 13.8 Å². The van der Waals surface area contributed by atoms with Crippen molar-refractivity contribution in [2.24, 2.45) is 11.7 Å². The lowest BCUT2D eigenvalue weighted by molar-refractivity contribution is -0.120. The lowest BCUT2D eigenvalue weighted by atomic mass is 10.0. The third kappa shape index (κ3) is 4.34. The van der Waals surface area contributed by atoms with Crippen LogP contribution in [0.2, 0.25) is 0 Å². The Balaban J connectivity index is 3.06. The van der Waals surface area contributed by atoms with E-state index in [-0.39, 0.29) is 0 Å². The third-order valence-electron chi connectivity index (χ3n) is 2.73. The standard InChI is InChI=1S/C13H14F4N2O3/c1-5(2)10(11(18)20)19-12(21)9-7(14)3-6(4-8(9)15)22-13(16)17/h3-5,10,13H,1-2H3,(H2,18,20)(H,19,21)/t10-/m1/s1. The number of alkyl halides is 2. The number of primary amides is 1. The topological polar surface area (TPSA) is 81.4 Å². The summed E-state index contributed by atoms with van der Waals surface area (Å²) in [5, 5.41) is 2.09. The van der Waals surface area contributed by atoms with Crippen molar-refractivity contribution in [3.8, 4) is 5.75 Å². The van der Waals surface area contributed by atoms with E-state index in [4.69, 9.17) is 5.73 Å². The first-order valence-electron chi connectivity index (χ1n) is 6.17. The molecule has 3 N–H and O–H groups in total. The molecule has 0 saturated carbocycles. The predicted octanol–water partition coefficient (Wildman–Crippen LogP) is 1.81. The quantitative estimate of drug-likeness (QED) is 0.784. The number of ether oxygens (including phenoxy) is 1. The van der Waals surface area contributed by atoms with Crippen molar-refractivity contribution >= 4 is 11.8 Å². The Hall–Kier alpha value is -2.32. The molecule has 122 valence electrons. The van der Waals surface area contributed by atoms with E-state index < -0.39 is 53.3 Å². The molecule has 0 aliphatic carbocycles. The van der Waals surface area contributed by atoms with E-state index in [9.17, 15) is 27.2 Å². The summed E-state index contributed by atoms with van der Waals surface area (Å²) in [6.45, 7) is -0.122. The molecule has 22 heavy (non-hydrogen) atoms. The first-order chi connectivity index (χ1) is 10.1. The zero-order valence-corrected chi connectivity index (χ0v) is 11.7. The highest BCUT2D eigenvalue weighted by atomic mass is 19.3. The van der Waals surface area contributed by atoms with E-state index in [2.05, 4.69) is 10.1 Å². The number of nitrogens with two attached hydrogens (primary N) is 1. The van der Waals surface area contributed by atoms with Crippen LogP contribution in [0, 0.1) is 17.6 Å². The maximum absolute atomic E-state index is 13.7. The van der Waals surface area contributed by atoms with Crippen LogP contribution in [0.5, 0.6) is 5.75 Å².